The molecule has 3 heteroatoms. The van der Waals surface area contributed by atoms with Gasteiger partial charge in [-0.2, -0.15) is 15.8 Å². The molecule has 1 rings (SSSR count). The van der Waals surface area contributed by atoms with Gasteiger partial charge in [0, 0.05) is 0 Å². The van der Waals surface area contributed by atoms with Crippen LogP contribution < -0.4 is 0 Å². The van der Waals surface area contributed by atoms with Gasteiger partial charge in [-0.15, -0.1) is 0 Å². The van der Waals surface area contributed by atoms with E-state index in [0.717, 1.165) is 0 Å². The summed E-state index contributed by atoms with van der Waals surface area (Å²) in [4.78, 5) is 0. The maximum atomic E-state index is 8.70. The smallest absolute Gasteiger partial charge is 0.101 e. The Morgan fingerprint density at radius 3 is 1.92 bits per heavy atom. The van der Waals surface area contributed by atoms with Crippen LogP contribution in [0.4, 0.5) is 0 Å². The summed E-state index contributed by atoms with van der Waals surface area (Å²) in [6, 6.07) is 8.56. The molecule has 0 fully saturated rings. The maximum absolute atomic E-state index is 8.70. The molecular weight excluding hydrogens is 162 g/mol. The predicted octanol–water partition coefficient (Wildman–Crippen LogP) is 1.48. The van der Waals surface area contributed by atoms with Gasteiger partial charge in [0.1, 0.15) is 12.1 Å². The monoisotopic (exact) mass is 166 g/mol. The molecule has 0 N–H and O–H groups in total. The Balaban J connectivity index is 3.57. The molecule has 1 radical (unpaired) electrons. The second-order valence-electron chi connectivity index (χ2n) is 2.35. The minimum Gasteiger partial charge on any atom is -0.192 e. The molecule has 13 heavy (non-hydrogen) atoms. The van der Waals surface area contributed by atoms with Crippen molar-refractivity contribution in [2.75, 3.05) is 0 Å². The fraction of sp³-hybridized carbons (Fsp3) is 0. The molecule has 0 bridgehead atoms. The van der Waals surface area contributed by atoms with Crippen LogP contribution in [-0.4, -0.2) is 0 Å². The van der Waals surface area contributed by atoms with E-state index in [1.807, 2.05) is 18.2 Å². The van der Waals surface area contributed by atoms with E-state index in [2.05, 4.69) is 6.92 Å². The third kappa shape index (κ3) is 1.34. The highest BCUT2D eigenvalue weighted by Gasteiger charge is 2.08. The lowest BCUT2D eigenvalue weighted by molar-refractivity contribution is 1.38. The van der Waals surface area contributed by atoms with E-state index in [0.29, 0.717) is 11.1 Å². The second kappa shape index (κ2) is 3.39. The topological polar surface area (TPSA) is 71.4 Å². The van der Waals surface area contributed by atoms with Crippen molar-refractivity contribution in [1.29, 1.82) is 15.8 Å². The van der Waals surface area contributed by atoms with Crippen LogP contribution >= 0.6 is 0 Å². The molecule has 0 saturated carbocycles. The molecule has 0 saturated heterocycles. The van der Waals surface area contributed by atoms with Gasteiger partial charge in [-0.05, 0) is 24.6 Å². The second-order valence-corrected chi connectivity index (χ2v) is 2.35. The molecule has 1 aromatic carbocycles. The number of hydrogen-bond donors (Lipinski definition) is 0. The van der Waals surface area contributed by atoms with E-state index in [1.165, 1.54) is 12.1 Å². The first-order chi connectivity index (χ1) is 6.24. The fourth-order valence-corrected chi connectivity index (χ4v) is 0.973. The minimum atomic E-state index is 0.182. The molecule has 59 valence electrons. The summed E-state index contributed by atoms with van der Waals surface area (Å²) in [5, 5.41) is 25.9. The zero-order chi connectivity index (χ0) is 9.84. The van der Waals surface area contributed by atoms with Crippen LogP contribution in [0.2, 0.25) is 0 Å². The zero-order valence-electron chi connectivity index (χ0n) is 6.70. The zero-order valence-corrected chi connectivity index (χ0v) is 6.70. The molecule has 0 amide bonds. The van der Waals surface area contributed by atoms with Crippen LogP contribution in [0.3, 0.4) is 0 Å². The Hall–Kier alpha value is -2.31. The molecule has 0 atom stereocenters. The number of nitriles is 3. The first-order valence-corrected chi connectivity index (χ1v) is 3.44. The van der Waals surface area contributed by atoms with Gasteiger partial charge in [0.05, 0.1) is 22.8 Å². The largest absolute Gasteiger partial charge is 0.192 e. The van der Waals surface area contributed by atoms with Gasteiger partial charge in [-0.3, -0.25) is 0 Å². The Labute approximate surface area is 76.1 Å². The summed E-state index contributed by atoms with van der Waals surface area (Å²) in [7, 11) is 0. The molecule has 0 aliphatic rings. The summed E-state index contributed by atoms with van der Waals surface area (Å²) in [6.07, 6.45) is 0. The van der Waals surface area contributed by atoms with E-state index >= 15 is 0 Å². The van der Waals surface area contributed by atoms with Crippen molar-refractivity contribution in [2.45, 2.75) is 0 Å². The summed E-state index contributed by atoms with van der Waals surface area (Å²) in [6.45, 7) is 3.57. The molecule has 0 spiro atoms. The highest BCUT2D eigenvalue weighted by molar-refractivity contribution is 5.57. The Kier molecular flexibility index (Phi) is 2.29. The number of hydrogen-bond acceptors (Lipinski definition) is 3. The van der Waals surface area contributed by atoms with Crippen LogP contribution in [0.5, 0.6) is 0 Å². The predicted molar refractivity (Wildman–Crippen MR) is 45.0 cm³/mol. The number of nitrogens with zero attached hydrogens (tertiary/aromatic N) is 3. The van der Waals surface area contributed by atoms with Crippen molar-refractivity contribution < 1.29 is 0 Å². The van der Waals surface area contributed by atoms with Crippen molar-refractivity contribution in [1.82, 2.24) is 0 Å². The van der Waals surface area contributed by atoms with E-state index in [1.54, 1.807) is 0 Å². The lowest BCUT2D eigenvalue weighted by Crippen LogP contribution is -1.92. The molecule has 0 heterocycles. The van der Waals surface area contributed by atoms with E-state index in [9.17, 15) is 0 Å². The molecule has 1 aromatic rings. The lowest BCUT2D eigenvalue weighted by Gasteiger charge is -2.00. The van der Waals surface area contributed by atoms with Crippen LogP contribution in [-0.2, 0) is 0 Å². The van der Waals surface area contributed by atoms with Crippen LogP contribution in [0.25, 0.3) is 0 Å². The average Bonchev–Trinajstić information content (AvgIpc) is 2.17. The Morgan fingerprint density at radius 2 is 1.46 bits per heavy atom. The highest BCUT2D eigenvalue weighted by Crippen LogP contribution is 2.16. The Bertz CT molecular complexity index is 467. The van der Waals surface area contributed by atoms with E-state index in [-0.39, 0.29) is 11.1 Å². The SMILES string of the molecule is [CH2]c1c(C#N)ccc(C#N)c1C#N. The number of rotatable bonds is 0. The third-order valence-corrected chi connectivity index (χ3v) is 1.67. The standard InChI is InChI=1S/C10H4N3/c1-7-8(4-11)2-3-9(5-12)10(7)6-13/h2-3H,1H2. The van der Waals surface area contributed by atoms with Crippen molar-refractivity contribution in [3.63, 3.8) is 0 Å². The van der Waals surface area contributed by atoms with Gasteiger partial charge in [0.25, 0.3) is 0 Å². The van der Waals surface area contributed by atoms with Crippen molar-refractivity contribution >= 4 is 0 Å². The van der Waals surface area contributed by atoms with Gasteiger partial charge >= 0.3 is 0 Å². The lowest BCUT2D eigenvalue weighted by atomic mass is 9.99. The minimum absolute atomic E-state index is 0.182. The van der Waals surface area contributed by atoms with Crippen LogP contribution in [0.1, 0.15) is 22.3 Å². The van der Waals surface area contributed by atoms with Gasteiger partial charge in [0.2, 0.25) is 0 Å². The van der Waals surface area contributed by atoms with Crippen molar-refractivity contribution in [3.05, 3.63) is 41.3 Å². The molecule has 0 aliphatic heterocycles. The molecule has 0 aromatic heterocycles. The van der Waals surface area contributed by atoms with Crippen LogP contribution in [0.15, 0.2) is 12.1 Å². The molecule has 0 aliphatic carbocycles. The fourth-order valence-electron chi connectivity index (χ4n) is 0.973. The summed E-state index contributed by atoms with van der Waals surface area (Å²) >= 11 is 0. The summed E-state index contributed by atoms with van der Waals surface area (Å²) < 4.78 is 0. The van der Waals surface area contributed by atoms with Gasteiger partial charge in [0.15, 0.2) is 0 Å². The van der Waals surface area contributed by atoms with Crippen molar-refractivity contribution in [3.8, 4) is 18.2 Å². The van der Waals surface area contributed by atoms with Crippen molar-refractivity contribution in [2.24, 2.45) is 0 Å². The molecular formula is C10H4N3. The quantitative estimate of drug-likeness (QED) is 0.586. The molecule has 0 unspecified atom stereocenters. The van der Waals surface area contributed by atoms with Gasteiger partial charge in [-0.1, -0.05) is 0 Å². The summed E-state index contributed by atoms with van der Waals surface area (Å²) in [5.41, 5.74) is 1.09. The summed E-state index contributed by atoms with van der Waals surface area (Å²) in [5.74, 6) is 0. The average molecular weight is 166 g/mol. The normalized spacial score (nSPS) is 8.15. The first kappa shape index (κ1) is 8.78. The first-order valence-electron chi connectivity index (χ1n) is 3.44. The number of benzene rings is 1. The molecule has 3 nitrogen and oxygen atoms in total. The highest BCUT2D eigenvalue weighted by atomic mass is 14.3. The van der Waals surface area contributed by atoms with E-state index in [4.69, 9.17) is 15.8 Å². The van der Waals surface area contributed by atoms with E-state index < -0.39 is 0 Å². The van der Waals surface area contributed by atoms with Gasteiger partial charge < -0.3 is 0 Å². The van der Waals surface area contributed by atoms with Crippen LogP contribution in [0, 0.1) is 40.9 Å². The maximum Gasteiger partial charge on any atom is 0.101 e. The van der Waals surface area contributed by atoms with Gasteiger partial charge in [-0.25, -0.2) is 0 Å². The Morgan fingerprint density at radius 1 is 0.923 bits per heavy atom. The third-order valence-electron chi connectivity index (χ3n) is 1.67.